The average Bonchev–Trinajstić information content (AvgIpc) is 4.23. The van der Waals surface area contributed by atoms with Gasteiger partial charge in [0.15, 0.2) is 0 Å². The van der Waals surface area contributed by atoms with Crippen LogP contribution in [0, 0.1) is 0 Å². The minimum absolute atomic E-state index is 0.0275. The van der Waals surface area contributed by atoms with Crippen LogP contribution in [-0.2, 0) is 56.4 Å². The first-order valence-electron chi connectivity index (χ1n) is 23.4. The number of hydrogen-bond donors (Lipinski definition) is 1. The number of rotatable bonds is 9. The van der Waals surface area contributed by atoms with Crippen LogP contribution in [0.1, 0.15) is 96.1 Å². The average molecular weight is 1010 g/mol. The minimum atomic E-state index is -1.48. The molecule has 7 saturated heterocycles. The Kier molecular flexibility index (Phi) is 17.8. The van der Waals surface area contributed by atoms with Crippen molar-refractivity contribution in [2.75, 3.05) is 78.5 Å². The van der Waals surface area contributed by atoms with Gasteiger partial charge in [0.05, 0.1) is 21.2 Å². The number of imide groups is 3. The molecule has 1 N–H and O–H groups in total. The van der Waals surface area contributed by atoms with Crippen LogP contribution in [0.15, 0.2) is 36.4 Å². The predicted octanol–water partition coefficient (Wildman–Crippen LogP) is 3.14. The van der Waals surface area contributed by atoms with Crippen molar-refractivity contribution < 1.29 is 62.5 Å². The van der Waals surface area contributed by atoms with Crippen LogP contribution in [0.2, 0.25) is 10.0 Å². The van der Waals surface area contributed by atoms with E-state index in [-0.39, 0.29) is 60.5 Å². The number of piperazine rings is 2. The lowest BCUT2D eigenvalue weighted by atomic mass is 10.0. The van der Waals surface area contributed by atoms with Gasteiger partial charge < -0.3 is 24.9 Å². The molecule has 7 heterocycles. The van der Waals surface area contributed by atoms with Gasteiger partial charge in [-0.3, -0.25) is 57.8 Å². The molecule has 70 heavy (non-hydrogen) atoms. The molecule has 0 saturated carbocycles. The molecule has 9 rings (SSSR count). The monoisotopic (exact) mass is 1010 g/mol. The smallest absolute Gasteiger partial charge is 0.339 e. The van der Waals surface area contributed by atoms with Crippen molar-refractivity contribution >= 4 is 82.7 Å². The first-order chi connectivity index (χ1) is 33.7. The third-order valence-corrected chi connectivity index (χ3v) is 13.2. The summed E-state index contributed by atoms with van der Waals surface area (Å²) in [5.41, 5.74) is 3.19. The molecular weight excluding hydrogens is 957 g/mol. The number of hydrogen-bond acceptors (Lipinski definition) is 16. The topological polar surface area (TPSA) is 236 Å². The molecule has 0 radical (unpaired) electrons. The molecule has 2 aromatic rings. The van der Waals surface area contributed by atoms with Crippen LogP contribution in [0.4, 0.5) is 9.59 Å². The highest BCUT2D eigenvalue weighted by Crippen LogP contribution is 2.27. The Morgan fingerprint density at radius 2 is 0.814 bits per heavy atom. The van der Waals surface area contributed by atoms with Crippen molar-refractivity contribution in [2.24, 2.45) is 0 Å². The fourth-order valence-corrected chi connectivity index (χ4v) is 9.30. The number of carbonyl (C=O) groups excluding carboxylic acids is 10. The van der Waals surface area contributed by atoms with Gasteiger partial charge >= 0.3 is 12.2 Å². The maximum Gasteiger partial charge on any atom is 0.560 e. The van der Waals surface area contributed by atoms with Gasteiger partial charge in [-0.1, -0.05) is 57.6 Å². The maximum atomic E-state index is 13.0. The number of nitrogens with zero attached hydrogens (tertiary/aromatic N) is 8. The molecule has 376 valence electrons. The lowest BCUT2D eigenvalue weighted by Crippen LogP contribution is -2.50. The van der Waals surface area contributed by atoms with E-state index in [1.165, 1.54) is 4.90 Å². The fourth-order valence-electron chi connectivity index (χ4n) is 8.75. The second kappa shape index (κ2) is 24.1. The van der Waals surface area contributed by atoms with E-state index >= 15 is 0 Å². The Morgan fingerprint density at radius 1 is 0.457 bits per heavy atom. The van der Waals surface area contributed by atoms with E-state index in [0.29, 0.717) is 59.0 Å². The van der Waals surface area contributed by atoms with Crippen molar-refractivity contribution in [3.8, 4) is 0 Å². The normalized spacial score (nSPS) is 19.9. The molecule has 0 aromatic heterocycles. The maximum absolute atomic E-state index is 13.0. The zero-order valence-electron chi connectivity index (χ0n) is 38.6. The highest BCUT2D eigenvalue weighted by atomic mass is 35.5. The molecule has 0 bridgehead atoms. The van der Waals surface area contributed by atoms with Crippen LogP contribution in [0.5, 0.6) is 0 Å². The van der Waals surface area contributed by atoms with Crippen molar-refractivity contribution in [3.63, 3.8) is 0 Å². The molecule has 2 aromatic carbocycles. The fraction of sp³-hybridized carbons (Fsp3) is 0.522. The first kappa shape index (κ1) is 51.6. The number of nitrogens with one attached hydrogen (secondary N) is 1. The van der Waals surface area contributed by atoms with E-state index in [0.717, 1.165) is 95.7 Å². The minimum Gasteiger partial charge on any atom is -0.339 e. The lowest BCUT2D eigenvalue weighted by Gasteiger charge is -2.34. The van der Waals surface area contributed by atoms with Crippen molar-refractivity contribution in [3.05, 3.63) is 68.7 Å². The van der Waals surface area contributed by atoms with Gasteiger partial charge in [0, 0.05) is 130 Å². The van der Waals surface area contributed by atoms with Gasteiger partial charge in [-0.15, -0.1) is 5.06 Å². The van der Waals surface area contributed by atoms with E-state index in [2.05, 4.69) is 24.8 Å². The summed E-state index contributed by atoms with van der Waals surface area (Å²) in [6, 6.07) is 11.3. The summed E-state index contributed by atoms with van der Waals surface area (Å²) in [6.45, 7) is 10.6. The number of carbonyl (C=O) groups is 10. The molecule has 0 atom stereocenters. The van der Waals surface area contributed by atoms with Gasteiger partial charge in [0.25, 0.3) is 47.3 Å². The Morgan fingerprint density at radius 3 is 1.20 bits per heavy atom. The van der Waals surface area contributed by atoms with Crippen LogP contribution in [0.25, 0.3) is 0 Å². The van der Waals surface area contributed by atoms with E-state index < -0.39 is 47.7 Å². The largest absolute Gasteiger partial charge is 0.560 e. The number of likely N-dealkylation sites (tertiary alicyclic amines) is 2. The van der Waals surface area contributed by atoms with Gasteiger partial charge in [-0.25, -0.2) is 4.79 Å². The van der Waals surface area contributed by atoms with E-state index in [1.807, 2.05) is 40.1 Å². The molecule has 0 aliphatic carbocycles. The number of hydroxylamine groups is 6. The second-order valence-corrected chi connectivity index (χ2v) is 18.2. The molecule has 7 aliphatic rings. The zero-order valence-corrected chi connectivity index (χ0v) is 40.1. The van der Waals surface area contributed by atoms with Crippen LogP contribution in [0.3, 0.4) is 0 Å². The number of halogens is 2. The molecule has 7 aliphatic heterocycles. The van der Waals surface area contributed by atoms with E-state index in [1.54, 1.807) is 6.07 Å². The summed E-state index contributed by atoms with van der Waals surface area (Å²) >= 11 is 12.7. The Balaban J connectivity index is 0.000000162. The number of amides is 9. The van der Waals surface area contributed by atoms with Gasteiger partial charge in [0.2, 0.25) is 0 Å². The molecule has 22 nitrogen and oxygen atoms in total. The number of benzene rings is 2. The summed E-state index contributed by atoms with van der Waals surface area (Å²) in [5, 5.41) is 5.47. The third kappa shape index (κ3) is 13.0. The lowest BCUT2D eigenvalue weighted by molar-refractivity contribution is -0.198. The van der Waals surface area contributed by atoms with E-state index in [4.69, 9.17) is 28.0 Å². The SMILES string of the molecule is O=C(ON1C(=O)CCC1=O)N1CCN(Cc2cccc(Cl)c2C(=O)N2CCCC2)CC1.O=C(ON1C(=O)CCC1=O)ON1C(=O)CCC1=O.O=C(c1c(Cl)cccc1CN1CCNCC1)N1CCCC1. The summed E-state index contributed by atoms with van der Waals surface area (Å²) in [6.07, 6.45) is 1.93. The van der Waals surface area contributed by atoms with Crippen molar-refractivity contribution in [1.82, 2.24) is 45.0 Å². The second-order valence-electron chi connectivity index (χ2n) is 17.4. The zero-order chi connectivity index (χ0) is 49.9. The molecule has 0 unspecified atom stereocenters. The highest BCUT2D eigenvalue weighted by molar-refractivity contribution is 6.34. The Hall–Kier alpha value is -6.20. The molecule has 9 amide bonds. The summed E-state index contributed by atoms with van der Waals surface area (Å²) in [5.74, 6) is -3.65. The van der Waals surface area contributed by atoms with Crippen molar-refractivity contribution in [2.45, 2.75) is 77.3 Å². The van der Waals surface area contributed by atoms with Crippen LogP contribution >= 0.6 is 23.2 Å². The van der Waals surface area contributed by atoms with Gasteiger partial charge in [-0.05, 0) is 48.9 Å². The summed E-state index contributed by atoms with van der Waals surface area (Å²) in [4.78, 5) is 140. The highest BCUT2D eigenvalue weighted by Gasteiger charge is 2.38. The molecule has 0 spiro atoms. The third-order valence-electron chi connectivity index (χ3n) is 12.6. The Bertz CT molecular complexity index is 2280. The standard InChI is InChI=1S/C21H25ClN4O5.C16H22ClN3O.C9H8N2O7/c22-16-5-3-4-15(19(16)20(29)24-8-1-2-9-24)14-23-10-12-25(13-11-23)21(30)31-26-17(27)6-7-18(26)28;17-14-5-3-4-13(12-19-10-6-18-7-11-19)15(14)16(21)20-8-1-2-9-20;12-5-1-2-6(13)10(5)17-9(16)18-11-7(14)3-4-8(11)15/h3-5H,1-2,6-14H2;3-5,18H,1-2,6-12H2;1-4H2. The van der Waals surface area contributed by atoms with Crippen molar-refractivity contribution in [1.29, 1.82) is 0 Å². The van der Waals surface area contributed by atoms with Gasteiger partial charge in [0.1, 0.15) is 0 Å². The molecule has 7 fully saturated rings. The van der Waals surface area contributed by atoms with E-state index in [9.17, 15) is 47.9 Å². The summed E-state index contributed by atoms with van der Waals surface area (Å²) in [7, 11) is 0. The predicted molar refractivity (Wildman–Crippen MR) is 245 cm³/mol. The first-order valence-corrected chi connectivity index (χ1v) is 24.2. The molecule has 24 heteroatoms. The van der Waals surface area contributed by atoms with Crippen LogP contribution < -0.4 is 5.32 Å². The van der Waals surface area contributed by atoms with Crippen LogP contribution in [-0.4, -0.2) is 178 Å². The quantitative estimate of drug-likeness (QED) is 0.355. The molecular formula is C46H55Cl2N9O13. The Labute approximate surface area is 413 Å². The summed E-state index contributed by atoms with van der Waals surface area (Å²) < 4.78 is 0. The van der Waals surface area contributed by atoms with Gasteiger partial charge in [-0.2, -0.15) is 4.79 Å².